The van der Waals surface area contributed by atoms with Crippen LogP contribution in [0.15, 0.2) is 23.1 Å². The molecule has 3 fully saturated rings. The lowest BCUT2D eigenvalue weighted by atomic mass is 9.48. The Kier molecular flexibility index (Phi) is 1.77. The highest BCUT2D eigenvalue weighted by Gasteiger charge is 2.67. The molecule has 0 spiro atoms. The molecule has 0 saturated heterocycles. The van der Waals surface area contributed by atoms with Gasteiger partial charge in [0.1, 0.15) is 5.60 Å². The summed E-state index contributed by atoms with van der Waals surface area (Å²) >= 11 is 0. The van der Waals surface area contributed by atoms with Gasteiger partial charge in [-0.05, 0) is 24.8 Å². The van der Waals surface area contributed by atoms with Crippen molar-refractivity contribution < 1.29 is 9.53 Å². The third kappa shape index (κ3) is 1.15. The van der Waals surface area contributed by atoms with Crippen molar-refractivity contribution in [3.8, 4) is 0 Å². The van der Waals surface area contributed by atoms with Crippen LogP contribution >= 0.6 is 0 Å². The molecule has 1 aromatic heterocycles. The standard InChI is InChI=1S/C11H12N2O3/c12-9-7-3-11(9,4-7)16-10(15)6-1-2-8(14)13-5-6/h1-2,5,7,9H,3-4,12H2,(H,13,14)/t7?,9-,11?/m1/s1. The van der Waals surface area contributed by atoms with Crippen LogP contribution in [-0.2, 0) is 4.74 Å². The molecule has 3 N–H and O–H groups in total. The number of nitrogens with one attached hydrogen (secondary N) is 1. The lowest BCUT2D eigenvalue weighted by Crippen LogP contribution is -2.76. The number of pyridine rings is 1. The lowest BCUT2D eigenvalue weighted by Gasteiger charge is -2.64. The van der Waals surface area contributed by atoms with E-state index in [0.717, 1.165) is 12.8 Å². The zero-order chi connectivity index (χ0) is 11.3. The fourth-order valence-electron chi connectivity index (χ4n) is 2.39. The van der Waals surface area contributed by atoms with Gasteiger partial charge in [-0.1, -0.05) is 0 Å². The molecule has 1 aromatic rings. The largest absolute Gasteiger partial charge is 0.454 e. The van der Waals surface area contributed by atoms with Gasteiger partial charge < -0.3 is 15.5 Å². The molecule has 0 radical (unpaired) electrons. The number of aromatic amines is 1. The summed E-state index contributed by atoms with van der Waals surface area (Å²) in [4.78, 5) is 25.0. The van der Waals surface area contributed by atoms with Crippen molar-refractivity contribution in [1.29, 1.82) is 0 Å². The number of nitrogens with two attached hydrogens (primary N) is 1. The van der Waals surface area contributed by atoms with Gasteiger partial charge in [-0.15, -0.1) is 0 Å². The predicted octanol–water partition coefficient (Wildman–Crippen LogP) is 0.0214. The average Bonchev–Trinajstić information content (AvgIpc) is 2.24. The maximum absolute atomic E-state index is 11.7. The van der Waals surface area contributed by atoms with Gasteiger partial charge >= 0.3 is 5.97 Å². The van der Waals surface area contributed by atoms with Crippen LogP contribution in [0.3, 0.4) is 0 Å². The molecule has 1 heterocycles. The second-order valence-electron chi connectivity index (χ2n) is 4.59. The SMILES string of the molecule is N[C@@H]1C2CC1(OC(=O)c1ccc(=O)[nH]c1)C2. The number of H-pyrrole nitrogens is 1. The molecule has 0 aliphatic heterocycles. The van der Waals surface area contributed by atoms with E-state index in [1.165, 1.54) is 18.3 Å². The molecule has 5 nitrogen and oxygen atoms in total. The molecule has 0 aromatic carbocycles. The molecular weight excluding hydrogens is 208 g/mol. The van der Waals surface area contributed by atoms with Gasteiger partial charge in [-0.3, -0.25) is 4.79 Å². The van der Waals surface area contributed by atoms with Crippen molar-refractivity contribution in [3.63, 3.8) is 0 Å². The van der Waals surface area contributed by atoms with Crippen molar-refractivity contribution in [2.75, 3.05) is 0 Å². The Labute approximate surface area is 91.6 Å². The van der Waals surface area contributed by atoms with E-state index < -0.39 is 11.6 Å². The van der Waals surface area contributed by atoms with Crippen molar-refractivity contribution in [3.05, 3.63) is 34.2 Å². The first-order chi connectivity index (χ1) is 7.61. The second kappa shape index (κ2) is 2.95. The topological polar surface area (TPSA) is 85.2 Å². The molecule has 3 aliphatic rings. The van der Waals surface area contributed by atoms with Crippen molar-refractivity contribution in [2.24, 2.45) is 11.7 Å². The minimum absolute atomic E-state index is 0.000730. The Morgan fingerprint density at radius 1 is 1.50 bits per heavy atom. The van der Waals surface area contributed by atoms with Crippen molar-refractivity contribution in [1.82, 2.24) is 4.98 Å². The smallest absolute Gasteiger partial charge is 0.340 e. The van der Waals surface area contributed by atoms with E-state index in [1.54, 1.807) is 0 Å². The van der Waals surface area contributed by atoms with Crippen molar-refractivity contribution in [2.45, 2.75) is 24.5 Å². The summed E-state index contributed by atoms with van der Waals surface area (Å²) in [7, 11) is 0. The van der Waals surface area contributed by atoms with Crippen LogP contribution in [-0.4, -0.2) is 22.6 Å². The number of carbonyl (C=O) groups excluding carboxylic acids is 1. The minimum atomic E-state index is -0.419. The van der Waals surface area contributed by atoms with Crippen LogP contribution in [0, 0.1) is 5.92 Å². The summed E-state index contributed by atoms with van der Waals surface area (Å²) in [6, 6.07) is 2.76. The van der Waals surface area contributed by atoms with E-state index in [4.69, 9.17) is 10.5 Å². The van der Waals surface area contributed by atoms with E-state index in [2.05, 4.69) is 4.98 Å². The highest BCUT2D eigenvalue weighted by Crippen LogP contribution is 2.58. The highest BCUT2D eigenvalue weighted by molar-refractivity contribution is 5.89. The van der Waals surface area contributed by atoms with E-state index in [1.807, 2.05) is 0 Å². The number of rotatable bonds is 2. The first-order valence-electron chi connectivity index (χ1n) is 5.28. The van der Waals surface area contributed by atoms with E-state index >= 15 is 0 Å². The summed E-state index contributed by atoms with van der Waals surface area (Å²) in [5, 5.41) is 0. The molecule has 5 heteroatoms. The molecule has 0 unspecified atom stereocenters. The Morgan fingerprint density at radius 2 is 2.25 bits per heavy atom. The third-order valence-corrected chi connectivity index (χ3v) is 3.65. The maximum atomic E-state index is 11.7. The van der Waals surface area contributed by atoms with Gasteiger partial charge in [0.15, 0.2) is 0 Å². The van der Waals surface area contributed by atoms with Gasteiger partial charge in [-0.2, -0.15) is 0 Å². The van der Waals surface area contributed by atoms with Crippen LogP contribution < -0.4 is 11.3 Å². The molecule has 16 heavy (non-hydrogen) atoms. The minimum Gasteiger partial charge on any atom is -0.454 e. The van der Waals surface area contributed by atoms with E-state index in [9.17, 15) is 9.59 Å². The monoisotopic (exact) mass is 220 g/mol. The van der Waals surface area contributed by atoms with Crippen LogP contribution in [0.2, 0.25) is 0 Å². The Bertz CT molecular complexity index is 482. The lowest BCUT2D eigenvalue weighted by molar-refractivity contribution is -0.211. The summed E-state index contributed by atoms with van der Waals surface area (Å²) < 4.78 is 5.39. The zero-order valence-corrected chi connectivity index (χ0v) is 8.60. The summed E-state index contributed by atoms with van der Waals surface area (Å²) in [6.45, 7) is 0. The number of aromatic nitrogens is 1. The van der Waals surface area contributed by atoms with Crippen LogP contribution in [0.4, 0.5) is 0 Å². The first-order valence-corrected chi connectivity index (χ1v) is 5.28. The fourth-order valence-corrected chi connectivity index (χ4v) is 2.39. The average molecular weight is 220 g/mol. The molecule has 1 atom stereocenters. The van der Waals surface area contributed by atoms with Gasteiger partial charge in [0.2, 0.25) is 5.56 Å². The number of esters is 1. The normalized spacial score (nSPS) is 34.8. The number of ether oxygens (including phenoxy) is 1. The first kappa shape index (κ1) is 9.59. The van der Waals surface area contributed by atoms with E-state index in [-0.39, 0.29) is 11.6 Å². The molecule has 3 aliphatic carbocycles. The molecule has 3 saturated carbocycles. The zero-order valence-electron chi connectivity index (χ0n) is 8.60. The van der Waals surface area contributed by atoms with Crippen molar-refractivity contribution >= 4 is 5.97 Å². The predicted molar refractivity (Wildman–Crippen MR) is 55.9 cm³/mol. The van der Waals surface area contributed by atoms with Gasteiger partial charge in [0.05, 0.1) is 5.56 Å². The Morgan fingerprint density at radius 3 is 2.69 bits per heavy atom. The van der Waals surface area contributed by atoms with Gasteiger partial charge in [0.25, 0.3) is 0 Å². The fraction of sp³-hybridized carbons (Fsp3) is 0.455. The molecule has 84 valence electrons. The summed E-state index contributed by atoms with van der Waals surface area (Å²) in [6.07, 6.45) is 3.12. The molecule has 2 bridgehead atoms. The Hall–Kier alpha value is -1.62. The maximum Gasteiger partial charge on any atom is 0.340 e. The Balaban J connectivity index is 1.74. The van der Waals surface area contributed by atoms with Crippen LogP contribution in [0.25, 0.3) is 0 Å². The summed E-state index contributed by atoms with van der Waals surface area (Å²) in [5.41, 5.74) is 5.52. The van der Waals surface area contributed by atoms with E-state index in [0.29, 0.717) is 11.5 Å². The molecule has 4 rings (SSSR count). The number of hydrogen-bond donors (Lipinski definition) is 2. The quantitative estimate of drug-likeness (QED) is 0.688. The van der Waals surface area contributed by atoms with Crippen LogP contribution in [0.5, 0.6) is 0 Å². The molecular formula is C11H12N2O3. The van der Waals surface area contributed by atoms with Crippen LogP contribution in [0.1, 0.15) is 23.2 Å². The number of carbonyl (C=O) groups is 1. The summed E-state index contributed by atoms with van der Waals surface area (Å²) in [5.74, 6) is 0.119. The van der Waals surface area contributed by atoms with Gasteiger partial charge in [-0.25, -0.2) is 4.79 Å². The highest BCUT2D eigenvalue weighted by atomic mass is 16.6. The molecule has 0 amide bonds. The van der Waals surface area contributed by atoms with Gasteiger partial charge in [0, 0.05) is 18.3 Å². The second-order valence-corrected chi connectivity index (χ2v) is 4.59. The number of hydrogen-bond acceptors (Lipinski definition) is 4. The third-order valence-electron chi connectivity index (χ3n) is 3.65.